The van der Waals surface area contributed by atoms with E-state index in [1.165, 1.54) is 24.3 Å². The SMILES string of the molecule is O=C(Nc1c(Cl)cccc1C(=O)O)c1ccc(F)cc1Br. The lowest BCUT2D eigenvalue weighted by Gasteiger charge is -2.11. The molecule has 2 rings (SSSR count). The predicted octanol–water partition coefficient (Wildman–Crippen LogP) is 4.19. The van der Waals surface area contributed by atoms with E-state index in [2.05, 4.69) is 21.2 Å². The molecule has 7 heteroatoms. The fourth-order valence-electron chi connectivity index (χ4n) is 1.68. The molecule has 0 spiro atoms. The van der Waals surface area contributed by atoms with Gasteiger partial charge in [-0.25, -0.2) is 9.18 Å². The number of carboxylic acid groups (broad SMARTS) is 1. The average molecular weight is 373 g/mol. The van der Waals surface area contributed by atoms with Crippen molar-refractivity contribution in [3.05, 3.63) is 62.8 Å². The maximum absolute atomic E-state index is 13.0. The Morgan fingerprint density at radius 3 is 2.52 bits per heavy atom. The van der Waals surface area contributed by atoms with Crippen LogP contribution in [0.15, 0.2) is 40.9 Å². The molecule has 0 aliphatic heterocycles. The van der Waals surface area contributed by atoms with Gasteiger partial charge in [-0.1, -0.05) is 17.7 Å². The summed E-state index contributed by atoms with van der Waals surface area (Å²) < 4.78 is 13.3. The standard InChI is InChI=1S/C14H8BrClFNO3/c15-10-6-7(17)4-5-8(10)13(19)18-12-9(14(20)21)2-1-3-11(12)16/h1-6H,(H,18,19)(H,20,21). The van der Waals surface area contributed by atoms with Gasteiger partial charge in [0.15, 0.2) is 0 Å². The third-order valence-corrected chi connectivity index (χ3v) is 3.63. The molecule has 0 radical (unpaired) electrons. The molecule has 0 atom stereocenters. The van der Waals surface area contributed by atoms with Crippen molar-refractivity contribution < 1.29 is 19.1 Å². The van der Waals surface area contributed by atoms with Crippen molar-refractivity contribution in [3.8, 4) is 0 Å². The Morgan fingerprint density at radius 2 is 1.90 bits per heavy atom. The summed E-state index contributed by atoms with van der Waals surface area (Å²) in [5.41, 5.74) is 0.0228. The number of anilines is 1. The molecule has 0 saturated carbocycles. The fourth-order valence-corrected chi connectivity index (χ4v) is 2.44. The highest BCUT2D eigenvalue weighted by Gasteiger charge is 2.18. The lowest BCUT2D eigenvalue weighted by Crippen LogP contribution is -2.16. The van der Waals surface area contributed by atoms with E-state index in [1.807, 2.05) is 0 Å². The molecule has 4 nitrogen and oxygen atoms in total. The first-order chi connectivity index (χ1) is 9.90. The zero-order chi connectivity index (χ0) is 15.6. The van der Waals surface area contributed by atoms with Gasteiger partial charge in [-0.15, -0.1) is 0 Å². The number of nitrogens with one attached hydrogen (secondary N) is 1. The van der Waals surface area contributed by atoms with Crippen LogP contribution in [0.3, 0.4) is 0 Å². The van der Waals surface area contributed by atoms with E-state index in [9.17, 15) is 14.0 Å². The average Bonchev–Trinajstić information content (AvgIpc) is 2.40. The maximum atomic E-state index is 13.0. The summed E-state index contributed by atoms with van der Waals surface area (Å²) in [5.74, 6) is -2.31. The van der Waals surface area contributed by atoms with E-state index >= 15 is 0 Å². The molecule has 0 bridgehead atoms. The van der Waals surface area contributed by atoms with E-state index in [0.29, 0.717) is 0 Å². The number of halogens is 3. The lowest BCUT2D eigenvalue weighted by molar-refractivity contribution is 0.0698. The summed E-state index contributed by atoms with van der Waals surface area (Å²) in [6.45, 7) is 0. The Hall–Kier alpha value is -1.92. The molecule has 1 amide bonds. The molecule has 2 aromatic rings. The highest BCUT2D eigenvalue weighted by molar-refractivity contribution is 9.10. The monoisotopic (exact) mass is 371 g/mol. The number of carbonyl (C=O) groups is 2. The van der Waals surface area contributed by atoms with Gasteiger partial charge in [0.25, 0.3) is 5.91 Å². The molecule has 0 aliphatic rings. The molecule has 0 aliphatic carbocycles. The molecule has 0 unspecified atom stereocenters. The van der Waals surface area contributed by atoms with Crippen molar-refractivity contribution in [1.82, 2.24) is 0 Å². The van der Waals surface area contributed by atoms with E-state index < -0.39 is 17.7 Å². The highest BCUT2D eigenvalue weighted by atomic mass is 79.9. The second-order valence-electron chi connectivity index (χ2n) is 4.05. The van der Waals surface area contributed by atoms with Gasteiger partial charge >= 0.3 is 5.97 Å². The minimum Gasteiger partial charge on any atom is -0.478 e. The van der Waals surface area contributed by atoms with E-state index in [1.54, 1.807) is 0 Å². The summed E-state index contributed by atoms with van der Waals surface area (Å²) in [6.07, 6.45) is 0. The first-order valence-corrected chi connectivity index (χ1v) is 6.85. The third kappa shape index (κ3) is 3.40. The van der Waals surface area contributed by atoms with Gasteiger partial charge in [0.05, 0.1) is 21.8 Å². The molecule has 2 aromatic carbocycles. The minimum absolute atomic E-state index is 0.00658. The Morgan fingerprint density at radius 1 is 1.19 bits per heavy atom. The van der Waals surface area contributed by atoms with Crippen LogP contribution in [0.1, 0.15) is 20.7 Å². The number of aromatic carboxylic acids is 1. The predicted molar refractivity (Wildman–Crippen MR) is 80.5 cm³/mol. The summed E-state index contributed by atoms with van der Waals surface area (Å²) >= 11 is 9.00. The van der Waals surface area contributed by atoms with Crippen LogP contribution in [0.25, 0.3) is 0 Å². The number of carboxylic acids is 1. The molecule has 21 heavy (non-hydrogen) atoms. The fraction of sp³-hybridized carbons (Fsp3) is 0. The van der Waals surface area contributed by atoms with E-state index in [0.717, 1.165) is 12.1 Å². The van der Waals surface area contributed by atoms with Crippen molar-refractivity contribution in [1.29, 1.82) is 0 Å². The van der Waals surface area contributed by atoms with Crippen molar-refractivity contribution >= 4 is 45.1 Å². The topological polar surface area (TPSA) is 66.4 Å². The summed E-state index contributed by atoms with van der Waals surface area (Å²) in [5, 5.41) is 11.6. The van der Waals surface area contributed by atoms with Crippen molar-refractivity contribution in [3.63, 3.8) is 0 Å². The van der Waals surface area contributed by atoms with Crippen molar-refractivity contribution in [2.45, 2.75) is 0 Å². The minimum atomic E-state index is -1.22. The molecular formula is C14H8BrClFNO3. The summed E-state index contributed by atoms with van der Waals surface area (Å²) in [6, 6.07) is 7.80. The number of para-hydroxylation sites is 1. The number of hydrogen-bond donors (Lipinski definition) is 2. The zero-order valence-electron chi connectivity index (χ0n) is 10.4. The number of amides is 1. The van der Waals surface area contributed by atoms with Gasteiger partial charge in [-0.3, -0.25) is 4.79 Å². The third-order valence-electron chi connectivity index (χ3n) is 2.66. The smallest absolute Gasteiger partial charge is 0.337 e. The maximum Gasteiger partial charge on any atom is 0.337 e. The molecule has 2 N–H and O–H groups in total. The molecule has 0 heterocycles. The Kier molecular flexibility index (Phi) is 4.59. The van der Waals surface area contributed by atoms with Gasteiger partial charge in [0, 0.05) is 4.47 Å². The summed E-state index contributed by atoms with van der Waals surface area (Å²) in [7, 11) is 0. The van der Waals surface area contributed by atoms with Crippen LogP contribution in [-0.2, 0) is 0 Å². The highest BCUT2D eigenvalue weighted by Crippen LogP contribution is 2.27. The quantitative estimate of drug-likeness (QED) is 0.849. The van der Waals surface area contributed by atoms with Crippen molar-refractivity contribution in [2.24, 2.45) is 0 Å². The molecule has 0 saturated heterocycles. The lowest BCUT2D eigenvalue weighted by atomic mass is 10.1. The molecule has 108 valence electrons. The van der Waals surface area contributed by atoms with Gasteiger partial charge in [-0.2, -0.15) is 0 Å². The Labute approximate surface area is 132 Å². The normalized spacial score (nSPS) is 10.2. The van der Waals surface area contributed by atoms with Gasteiger partial charge < -0.3 is 10.4 Å². The Balaban J connectivity index is 2.38. The zero-order valence-corrected chi connectivity index (χ0v) is 12.7. The number of benzene rings is 2. The number of hydrogen-bond acceptors (Lipinski definition) is 2. The summed E-state index contributed by atoms with van der Waals surface area (Å²) in [4.78, 5) is 23.3. The van der Waals surface area contributed by atoms with Crippen LogP contribution in [-0.4, -0.2) is 17.0 Å². The van der Waals surface area contributed by atoms with Crippen LogP contribution in [0, 0.1) is 5.82 Å². The number of rotatable bonds is 3. The van der Waals surface area contributed by atoms with E-state index in [-0.39, 0.29) is 26.3 Å². The van der Waals surface area contributed by atoms with Gasteiger partial charge in [0.1, 0.15) is 5.82 Å². The second-order valence-corrected chi connectivity index (χ2v) is 5.31. The van der Waals surface area contributed by atoms with Crippen LogP contribution in [0.5, 0.6) is 0 Å². The van der Waals surface area contributed by atoms with Crippen LogP contribution >= 0.6 is 27.5 Å². The van der Waals surface area contributed by atoms with Gasteiger partial charge in [-0.05, 0) is 46.3 Å². The number of carbonyl (C=O) groups excluding carboxylic acids is 1. The molecule has 0 fully saturated rings. The van der Waals surface area contributed by atoms with Gasteiger partial charge in [0.2, 0.25) is 0 Å². The second kappa shape index (κ2) is 6.24. The van der Waals surface area contributed by atoms with Crippen LogP contribution < -0.4 is 5.32 Å². The van der Waals surface area contributed by atoms with E-state index in [4.69, 9.17) is 16.7 Å². The first kappa shape index (κ1) is 15.5. The molecule has 0 aromatic heterocycles. The largest absolute Gasteiger partial charge is 0.478 e. The Bertz CT molecular complexity index is 736. The molecular weight excluding hydrogens is 365 g/mol. The first-order valence-electron chi connectivity index (χ1n) is 5.68. The van der Waals surface area contributed by atoms with Crippen LogP contribution in [0.4, 0.5) is 10.1 Å². The van der Waals surface area contributed by atoms with Crippen molar-refractivity contribution in [2.75, 3.05) is 5.32 Å². The van der Waals surface area contributed by atoms with Crippen LogP contribution in [0.2, 0.25) is 5.02 Å².